The Hall–Kier alpha value is 1.07. The van der Waals surface area contributed by atoms with Crippen molar-refractivity contribution >= 4 is 18.8 Å². The normalized spacial score (nSPS) is 8.75. The molecule has 26 valence electrons. The Kier molecular flexibility index (Phi) is 2.93. The Morgan fingerprint density at radius 3 is 1.50 bits per heavy atom. The summed E-state index contributed by atoms with van der Waals surface area (Å²) in [7, 11) is 9.36. The molecule has 0 aromatic carbocycles. The van der Waals surface area contributed by atoms with Gasteiger partial charge in [0.1, 0.15) is 0 Å². The van der Waals surface area contributed by atoms with Crippen molar-refractivity contribution in [3.05, 3.63) is 0 Å². The molecule has 0 saturated heterocycles. The van der Waals surface area contributed by atoms with Gasteiger partial charge in [-0.2, -0.15) is 0 Å². The molecule has 0 fully saturated rings. The number of hydrogen-bond acceptors (Lipinski definition) is 1. The molecule has 0 aliphatic rings. The molecule has 0 aromatic rings. The van der Waals surface area contributed by atoms with E-state index in [1.807, 2.05) is 0 Å². The van der Waals surface area contributed by atoms with Gasteiger partial charge in [0.15, 0.2) is 0 Å². The first kappa shape index (κ1) is 5.07. The van der Waals surface area contributed by atoms with E-state index in [1.165, 1.54) is 0 Å². The zero-order valence-electron chi connectivity index (χ0n) is 1.57. The van der Waals surface area contributed by atoms with Crippen molar-refractivity contribution in [2.75, 3.05) is 0 Å². The molecule has 0 N–H and O–H groups in total. The van der Waals surface area contributed by atoms with Gasteiger partial charge in [0, 0.05) is 0 Å². The second-order valence-electron chi connectivity index (χ2n) is 0.184. The summed E-state index contributed by atoms with van der Waals surface area (Å²) in [6, 6.07) is 0. The average Bonchev–Trinajstić information content (AvgIpc) is 0.811. The number of hydrogen-bond donors (Lipinski definition) is 0. The van der Waals surface area contributed by atoms with Crippen LogP contribution in [0.4, 0.5) is 0 Å². The SMILES string of the molecule is [O]=[W]([Cl])[Cl]. The fourth-order valence-electron chi connectivity index (χ4n) is 0. The van der Waals surface area contributed by atoms with Crippen LogP contribution in [0.15, 0.2) is 0 Å². The molecule has 0 atom stereocenters. The molecule has 0 spiro atoms. The van der Waals surface area contributed by atoms with Crippen molar-refractivity contribution in [3.63, 3.8) is 0 Å². The third kappa shape index (κ3) is 11.5. The van der Waals surface area contributed by atoms with Gasteiger partial charge in [0.2, 0.25) is 0 Å². The number of rotatable bonds is 0. The summed E-state index contributed by atoms with van der Waals surface area (Å²) in [5.74, 6) is 0. The molecule has 0 aliphatic carbocycles. The van der Waals surface area contributed by atoms with Crippen LogP contribution in [-0.2, 0) is 18.6 Å². The van der Waals surface area contributed by atoms with Crippen LogP contribution in [0.5, 0.6) is 0 Å². The summed E-state index contributed by atoms with van der Waals surface area (Å²) in [5, 5.41) is 0. The standard InChI is InChI=1S/2ClH.O.W/h2*1H;;/q;;;+2/p-2. The molecule has 0 saturated carbocycles. The van der Waals surface area contributed by atoms with Crippen LogP contribution >= 0.6 is 18.8 Å². The summed E-state index contributed by atoms with van der Waals surface area (Å²) < 4.78 is 9.25. The van der Waals surface area contributed by atoms with Gasteiger partial charge in [-0.1, -0.05) is 0 Å². The first-order valence-electron chi connectivity index (χ1n) is 0.475. The van der Waals surface area contributed by atoms with E-state index >= 15 is 0 Å². The van der Waals surface area contributed by atoms with Gasteiger partial charge in [-0.3, -0.25) is 0 Å². The molecule has 0 unspecified atom stereocenters. The monoisotopic (exact) mass is 270 g/mol. The van der Waals surface area contributed by atoms with Gasteiger partial charge >= 0.3 is 37.4 Å². The van der Waals surface area contributed by atoms with E-state index in [9.17, 15) is 3.40 Å². The quantitative estimate of drug-likeness (QED) is 0.648. The van der Waals surface area contributed by atoms with Crippen molar-refractivity contribution in [2.45, 2.75) is 0 Å². The Morgan fingerprint density at radius 1 is 1.50 bits per heavy atom. The van der Waals surface area contributed by atoms with E-state index in [1.54, 1.807) is 0 Å². The second kappa shape index (κ2) is 2.31. The van der Waals surface area contributed by atoms with E-state index in [0.29, 0.717) is 0 Å². The number of halogens is 2. The summed E-state index contributed by atoms with van der Waals surface area (Å²) in [6.07, 6.45) is 0. The predicted octanol–water partition coefficient (Wildman–Crippen LogP) is 1.26. The Bertz CT molecular complexity index is 29.0. The molecular weight excluding hydrogens is 271 g/mol. The fourth-order valence-corrected chi connectivity index (χ4v) is 0. The van der Waals surface area contributed by atoms with Crippen LogP contribution in [0, 0.1) is 0 Å². The zero-order valence-corrected chi connectivity index (χ0v) is 6.02. The Balaban J connectivity index is 2.80. The van der Waals surface area contributed by atoms with Crippen molar-refractivity contribution < 1.29 is 18.6 Å². The van der Waals surface area contributed by atoms with Gasteiger partial charge in [0.25, 0.3) is 0 Å². The Morgan fingerprint density at radius 2 is 1.50 bits per heavy atom. The molecule has 0 aliphatic heterocycles. The van der Waals surface area contributed by atoms with Crippen LogP contribution in [0.1, 0.15) is 0 Å². The molecule has 1 nitrogen and oxygen atoms in total. The van der Waals surface area contributed by atoms with Crippen LogP contribution in [0.3, 0.4) is 0 Å². The van der Waals surface area contributed by atoms with Gasteiger partial charge in [0.05, 0.1) is 0 Å². The van der Waals surface area contributed by atoms with Crippen molar-refractivity contribution in [2.24, 2.45) is 0 Å². The van der Waals surface area contributed by atoms with Crippen molar-refractivity contribution in [3.8, 4) is 0 Å². The van der Waals surface area contributed by atoms with Crippen LogP contribution in [0.25, 0.3) is 0 Å². The molecule has 0 amide bonds. The summed E-state index contributed by atoms with van der Waals surface area (Å²) in [5.41, 5.74) is 0. The van der Waals surface area contributed by atoms with Crippen LogP contribution in [0.2, 0.25) is 0 Å². The maximum absolute atomic E-state index is 9.25. The summed E-state index contributed by atoms with van der Waals surface area (Å²) in [4.78, 5) is 0. The van der Waals surface area contributed by atoms with Gasteiger partial charge < -0.3 is 0 Å². The van der Waals surface area contributed by atoms with Gasteiger partial charge in [-0.15, -0.1) is 0 Å². The van der Waals surface area contributed by atoms with Crippen molar-refractivity contribution in [1.82, 2.24) is 0 Å². The third-order valence-electron chi connectivity index (χ3n) is 0. The van der Waals surface area contributed by atoms with Gasteiger partial charge in [-0.05, 0) is 0 Å². The zero-order chi connectivity index (χ0) is 3.58. The van der Waals surface area contributed by atoms with Crippen molar-refractivity contribution in [1.29, 1.82) is 0 Å². The van der Waals surface area contributed by atoms with E-state index < -0.39 is 15.2 Å². The molecule has 0 rings (SSSR count). The molecule has 0 radical (unpaired) electrons. The topological polar surface area (TPSA) is 17.1 Å². The average molecular weight is 271 g/mol. The first-order valence-corrected chi connectivity index (χ1v) is 8.94. The summed E-state index contributed by atoms with van der Waals surface area (Å²) >= 11 is -2.83. The fraction of sp³-hybridized carbons (Fsp3) is 0. The molecule has 0 aromatic heterocycles. The third-order valence-corrected chi connectivity index (χ3v) is 0. The van der Waals surface area contributed by atoms with Gasteiger partial charge in [-0.25, -0.2) is 0 Å². The minimum absolute atomic E-state index is 2.83. The second-order valence-corrected chi connectivity index (χ2v) is 7.39. The predicted molar refractivity (Wildman–Crippen MR) is 12.4 cm³/mol. The van der Waals surface area contributed by atoms with E-state index in [-0.39, 0.29) is 0 Å². The first-order chi connectivity index (χ1) is 1.73. The minimum atomic E-state index is -2.83. The summed E-state index contributed by atoms with van der Waals surface area (Å²) in [6.45, 7) is 0. The molecule has 0 bridgehead atoms. The van der Waals surface area contributed by atoms with Crippen LogP contribution < -0.4 is 0 Å². The van der Waals surface area contributed by atoms with E-state index in [0.717, 1.165) is 0 Å². The van der Waals surface area contributed by atoms with E-state index in [2.05, 4.69) is 18.8 Å². The molecule has 0 heterocycles. The molecule has 4 heavy (non-hydrogen) atoms. The Labute approximate surface area is 37.6 Å². The molecule has 4 heteroatoms. The molecular formula is Cl2OW. The van der Waals surface area contributed by atoms with E-state index in [4.69, 9.17) is 0 Å². The maximum atomic E-state index is 9.25. The van der Waals surface area contributed by atoms with Crippen LogP contribution in [-0.4, -0.2) is 0 Å².